The van der Waals surface area contributed by atoms with Crippen LogP contribution in [0.25, 0.3) is 5.69 Å². The van der Waals surface area contributed by atoms with Crippen LogP contribution in [0, 0.1) is 25.2 Å². The molecule has 8 heteroatoms. The second kappa shape index (κ2) is 10.4. The number of aryl methyl sites for hydroxylation is 1. The number of hydrogen-bond donors (Lipinski definition) is 1. The van der Waals surface area contributed by atoms with E-state index in [4.69, 9.17) is 27.1 Å². The molecule has 4 rings (SSSR count). The molecule has 34 heavy (non-hydrogen) atoms. The summed E-state index contributed by atoms with van der Waals surface area (Å²) in [5.41, 5.74) is 5.99. The highest BCUT2D eigenvalue weighted by Crippen LogP contribution is 2.25. The maximum Gasteiger partial charge on any atom is 0.253 e. The summed E-state index contributed by atoms with van der Waals surface area (Å²) in [6.45, 7) is 7.68. The van der Waals surface area contributed by atoms with Gasteiger partial charge in [0.05, 0.1) is 28.6 Å². The van der Waals surface area contributed by atoms with Crippen LogP contribution in [-0.2, 0) is 6.42 Å². The average Bonchev–Trinajstić information content (AvgIpc) is 3.13. The highest BCUT2D eigenvalue weighted by atomic mass is 35.5. The number of aromatic nitrogens is 2. The fraction of sp³-hybridized carbons (Fsp3) is 0.346. The van der Waals surface area contributed by atoms with E-state index < -0.39 is 0 Å². The molecular weight excluding hydrogens is 450 g/mol. The third-order valence-electron chi connectivity index (χ3n) is 6.39. The van der Waals surface area contributed by atoms with Crippen LogP contribution in [0.15, 0.2) is 42.5 Å². The number of nitriles is 1. The van der Waals surface area contributed by atoms with Crippen molar-refractivity contribution in [3.05, 3.63) is 81.1 Å². The van der Waals surface area contributed by atoms with Gasteiger partial charge in [-0.1, -0.05) is 23.7 Å². The number of rotatable bonds is 6. The van der Waals surface area contributed by atoms with E-state index in [0.29, 0.717) is 42.2 Å². The highest BCUT2D eigenvalue weighted by molar-refractivity contribution is 6.31. The lowest BCUT2D eigenvalue weighted by atomic mass is 10.0. The normalized spacial score (nSPS) is 14.3. The molecule has 3 aromatic rings. The predicted octanol–water partition coefficient (Wildman–Crippen LogP) is 3.36. The van der Waals surface area contributed by atoms with Gasteiger partial charge in [-0.05, 0) is 49.7 Å². The van der Waals surface area contributed by atoms with Crippen LogP contribution in [0.3, 0.4) is 0 Å². The molecule has 1 aliphatic heterocycles. The van der Waals surface area contributed by atoms with E-state index in [9.17, 15) is 4.79 Å². The van der Waals surface area contributed by atoms with Crippen molar-refractivity contribution in [3.8, 4) is 11.8 Å². The first-order chi connectivity index (χ1) is 16.4. The number of piperazine rings is 1. The molecule has 1 aliphatic rings. The Kier molecular flexibility index (Phi) is 7.32. The summed E-state index contributed by atoms with van der Waals surface area (Å²) in [4.78, 5) is 17.1. The number of hydrogen-bond acceptors (Lipinski definition) is 5. The van der Waals surface area contributed by atoms with E-state index in [1.165, 1.54) is 0 Å². The number of halogens is 1. The van der Waals surface area contributed by atoms with Crippen LogP contribution < -0.4 is 0 Å². The van der Waals surface area contributed by atoms with Crippen LogP contribution in [0.1, 0.15) is 38.4 Å². The predicted molar refractivity (Wildman–Crippen MR) is 131 cm³/mol. The molecule has 1 fully saturated rings. The first kappa shape index (κ1) is 24.0. The Labute approximate surface area is 204 Å². The van der Waals surface area contributed by atoms with Gasteiger partial charge in [-0.15, -0.1) is 0 Å². The van der Waals surface area contributed by atoms with Gasteiger partial charge in [0.15, 0.2) is 0 Å². The maximum atomic E-state index is 13.1. The standard InChI is InChI=1S/C26H28ClN5O2/c1-18-24(19(2)32(29-18)23-7-6-22(17-28)25(27)16-23)15-20-4-3-5-21(14-20)26(34)31-10-8-30(9-11-31)12-13-33/h3-7,14,16,33H,8-13,15H2,1-2H3. The van der Waals surface area contributed by atoms with E-state index in [2.05, 4.69) is 11.0 Å². The molecule has 0 unspecified atom stereocenters. The van der Waals surface area contributed by atoms with Gasteiger partial charge in [0, 0.05) is 56.0 Å². The lowest BCUT2D eigenvalue weighted by Crippen LogP contribution is -2.49. The van der Waals surface area contributed by atoms with Gasteiger partial charge in [-0.25, -0.2) is 4.68 Å². The minimum atomic E-state index is 0.0434. The summed E-state index contributed by atoms with van der Waals surface area (Å²) in [6.07, 6.45) is 0.660. The van der Waals surface area contributed by atoms with Crippen LogP contribution in [0.2, 0.25) is 5.02 Å². The number of benzene rings is 2. The van der Waals surface area contributed by atoms with Gasteiger partial charge < -0.3 is 10.0 Å². The molecule has 0 bridgehead atoms. The molecule has 1 amide bonds. The van der Waals surface area contributed by atoms with Gasteiger partial charge in [-0.2, -0.15) is 10.4 Å². The summed E-state index contributed by atoms with van der Waals surface area (Å²) >= 11 is 6.23. The first-order valence-electron chi connectivity index (χ1n) is 11.4. The Morgan fingerprint density at radius 2 is 1.91 bits per heavy atom. The number of aliphatic hydroxyl groups excluding tert-OH is 1. The van der Waals surface area contributed by atoms with Crippen molar-refractivity contribution < 1.29 is 9.90 Å². The molecule has 2 heterocycles. The number of aliphatic hydroxyl groups is 1. The topological polar surface area (TPSA) is 85.4 Å². The van der Waals surface area contributed by atoms with Gasteiger partial charge in [-0.3, -0.25) is 9.69 Å². The molecule has 176 valence electrons. The number of carbonyl (C=O) groups is 1. The summed E-state index contributed by atoms with van der Waals surface area (Å²) in [5, 5.41) is 23.4. The Balaban J connectivity index is 1.52. The lowest BCUT2D eigenvalue weighted by Gasteiger charge is -2.34. The molecule has 0 spiro atoms. The quantitative estimate of drug-likeness (QED) is 0.588. The molecule has 1 N–H and O–H groups in total. The minimum Gasteiger partial charge on any atom is -0.395 e. The van der Waals surface area contributed by atoms with Crippen LogP contribution in [0.4, 0.5) is 0 Å². The first-order valence-corrected chi connectivity index (χ1v) is 11.8. The zero-order chi connectivity index (χ0) is 24.2. The van der Waals surface area contributed by atoms with Crippen LogP contribution in [0.5, 0.6) is 0 Å². The molecule has 0 atom stereocenters. The average molecular weight is 478 g/mol. The smallest absolute Gasteiger partial charge is 0.253 e. The van der Waals surface area contributed by atoms with Crippen molar-refractivity contribution in [2.75, 3.05) is 39.3 Å². The SMILES string of the molecule is Cc1nn(-c2ccc(C#N)c(Cl)c2)c(C)c1Cc1cccc(C(=O)N2CCN(CCO)CC2)c1. The number of amides is 1. The monoisotopic (exact) mass is 477 g/mol. The van der Waals surface area contributed by atoms with Crippen molar-refractivity contribution >= 4 is 17.5 Å². The van der Waals surface area contributed by atoms with Gasteiger partial charge in [0.25, 0.3) is 5.91 Å². The van der Waals surface area contributed by atoms with E-state index in [0.717, 1.165) is 41.3 Å². The number of β-amino-alcohol motifs (C(OH)–C–C–N with tert-alkyl or cyclic N) is 1. The van der Waals surface area contributed by atoms with Crippen molar-refractivity contribution in [1.82, 2.24) is 19.6 Å². The third-order valence-corrected chi connectivity index (χ3v) is 6.70. The fourth-order valence-corrected chi connectivity index (χ4v) is 4.64. The molecule has 0 aliphatic carbocycles. The largest absolute Gasteiger partial charge is 0.395 e. The zero-order valence-electron chi connectivity index (χ0n) is 19.5. The molecule has 0 saturated carbocycles. The summed E-state index contributed by atoms with van der Waals surface area (Å²) < 4.78 is 1.85. The van der Waals surface area contributed by atoms with E-state index in [-0.39, 0.29) is 12.5 Å². The number of nitrogens with zero attached hydrogens (tertiary/aromatic N) is 5. The Hall–Kier alpha value is -3.18. The second-order valence-electron chi connectivity index (χ2n) is 8.57. The van der Waals surface area contributed by atoms with Crippen LogP contribution >= 0.6 is 11.6 Å². The number of carbonyl (C=O) groups excluding carboxylic acids is 1. The Morgan fingerprint density at radius 1 is 1.15 bits per heavy atom. The molecule has 0 radical (unpaired) electrons. The van der Waals surface area contributed by atoms with Crippen molar-refractivity contribution in [3.63, 3.8) is 0 Å². The van der Waals surface area contributed by atoms with Gasteiger partial charge in [0.2, 0.25) is 0 Å². The van der Waals surface area contributed by atoms with Crippen molar-refractivity contribution in [1.29, 1.82) is 5.26 Å². The Bertz CT molecular complexity index is 1240. The van der Waals surface area contributed by atoms with E-state index in [1.54, 1.807) is 12.1 Å². The molecule has 1 saturated heterocycles. The zero-order valence-corrected chi connectivity index (χ0v) is 20.2. The highest BCUT2D eigenvalue weighted by Gasteiger charge is 2.22. The van der Waals surface area contributed by atoms with Crippen LogP contribution in [-0.4, -0.2) is 69.9 Å². The van der Waals surface area contributed by atoms with E-state index in [1.807, 2.05) is 53.8 Å². The molecule has 2 aromatic carbocycles. The molecule has 1 aromatic heterocycles. The second-order valence-corrected chi connectivity index (χ2v) is 8.98. The minimum absolute atomic E-state index is 0.0434. The molecule has 7 nitrogen and oxygen atoms in total. The van der Waals surface area contributed by atoms with Gasteiger partial charge >= 0.3 is 0 Å². The summed E-state index contributed by atoms with van der Waals surface area (Å²) in [5.74, 6) is 0.0434. The molecular formula is C26H28ClN5O2. The third kappa shape index (κ3) is 5.00. The fourth-order valence-electron chi connectivity index (χ4n) is 4.43. The maximum absolute atomic E-state index is 13.1. The lowest BCUT2D eigenvalue weighted by molar-refractivity contribution is 0.0615. The van der Waals surface area contributed by atoms with Gasteiger partial charge in [0.1, 0.15) is 6.07 Å². The van der Waals surface area contributed by atoms with E-state index >= 15 is 0 Å². The van der Waals surface area contributed by atoms with Crippen molar-refractivity contribution in [2.45, 2.75) is 20.3 Å². The summed E-state index contributed by atoms with van der Waals surface area (Å²) in [7, 11) is 0. The Morgan fingerprint density at radius 3 is 2.59 bits per heavy atom. The summed E-state index contributed by atoms with van der Waals surface area (Å²) in [6, 6.07) is 15.2. The van der Waals surface area contributed by atoms with Crippen molar-refractivity contribution in [2.24, 2.45) is 0 Å².